The summed E-state index contributed by atoms with van der Waals surface area (Å²) in [5.41, 5.74) is 2.93. The first-order valence-electron chi connectivity index (χ1n) is 10.0. The van der Waals surface area contributed by atoms with Crippen LogP contribution in [0.4, 0.5) is 0 Å². The molecule has 4 aliphatic carbocycles. The Hall–Kier alpha value is -1.38. The van der Waals surface area contributed by atoms with Crippen LogP contribution in [0.2, 0.25) is 0 Å². The molecule has 0 aromatic rings. The molecule has 1 spiro atoms. The molecule has 3 fully saturated rings. The summed E-state index contributed by atoms with van der Waals surface area (Å²) in [5.74, 6) is 1.58. The van der Waals surface area contributed by atoms with Crippen molar-refractivity contribution in [3.63, 3.8) is 0 Å². The Kier molecular flexibility index (Phi) is 3.08. The second-order valence-corrected chi connectivity index (χ2v) is 9.51. The predicted octanol–water partition coefficient (Wildman–Crippen LogP) is 4.51. The lowest BCUT2D eigenvalue weighted by Crippen LogP contribution is -2.50. The molecule has 1 saturated heterocycles. The topological polar surface area (TPSA) is 43.4 Å². The zero-order valence-corrected chi connectivity index (χ0v) is 15.4. The molecule has 1 aliphatic heterocycles. The molecule has 0 aromatic heterocycles. The summed E-state index contributed by atoms with van der Waals surface area (Å²) < 4.78 is 5.98. The Bertz CT molecular complexity index is 732. The number of ether oxygens (including phenoxy) is 1. The number of ketones is 1. The van der Waals surface area contributed by atoms with Crippen LogP contribution in [0.3, 0.4) is 0 Å². The Morgan fingerprint density at radius 3 is 2.68 bits per heavy atom. The summed E-state index contributed by atoms with van der Waals surface area (Å²) in [6.07, 6.45) is 13.0. The Morgan fingerprint density at radius 2 is 1.92 bits per heavy atom. The van der Waals surface area contributed by atoms with Gasteiger partial charge in [0.05, 0.1) is 0 Å². The Labute approximate surface area is 149 Å². The van der Waals surface area contributed by atoms with Crippen LogP contribution < -0.4 is 0 Å². The van der Waals surface area contributed by atoms with Crippen LogP contribution in [-0.4, -0.2) is 17.4 Å². The predicted molar refractivity (Wildman–Crippen MR) is 94.7 cm³/mol. The summed E-state index contributed by atoms with van der Waals surface area (Å²) >= 11 is 0. The van der Waals surface area contributed by atoms with Gasteiger partial charge in [-0.05, 0) is 50.4 Å². The molecule has 1 heterocycles. The lowest BCUT2D eigenvalue weighted by Gasteiger charge is -2.54. The second-order valence-electron chi connectivity index (χ2n) is 9.51. The van der Waals surface area contributed by atoms with Gasteiger partial charge in [0, 0.05) is 30.1 Å². The van der Waals surface area contributed by atoms with E-state index in [0.29, 0.717) is 30.5 Å². The van der Waals surface area contributed by atoms with Crippen LogP contribution in [0.5, 0.6) is 0 Å². The van der Waals surface area contributed by atoms with Gasteiger partial charge in [0.2, 0.25) is 0 Å². The molecule has 5 aliphatic rings. The minimum Gasteiger partial charge on any atom is -0.458 e. The normalized spacial score (nSPS) is 48.4. The summed E-state index contributed by atoms with van der Waals surface area (Å²) in [4.78, 5) is 23.8. The summed E-state index contributed by atoms with van der Waals surface area (Å²) in [5, 5.41) is 0. The quantitative estimate of drug-likeness (QED) is 0.481. The van der Waals surface area contributed by atoms with Crippen molar-refractivity contribution in [1.29, 1.82) is 0 Å². The van der Waals surface area contributed by atoms with Gasteiger partial charge < -0.3 is 4.74 Å². The molecule has 134 valence electrons. The van der Waals surface area contributed by atoms with Crippen molar-refractivity contribution in [3.8, 4) is 0 Å². The highest BCUT2D eigenvalue weighted by atomic mass is 16.6. The number of carbonyl (C=O) groups excluding carboxylic acids is 2. The van der Waals surface area contributed by atoms with Crippen LogP contribution >= 0.6 is 0 Å². The first kappa shape index (κ1) is 15.8. The van der Waals surface area contributed by atoms with Crippen molar-refractivity contribution < 1.29 is 14.3 Å². The zero-order valence-electron chi connectivity index (χ0n) is 15.4. The van der Waals surface area contributed by atoms with Gasteiger partial charge in [-0.1, -0.05) is 37.1 Å². The third-order valence-corrected chi connectivity index (χ3v) is 8.65. The number of rotatable bonds is 0. The number of allylic oxidation sites excluding steroid dienone is 4. The van der Waals surface area contributed by atoms with Crippen molar-refractivity contribution >= 4 is 11.8 Å². The minimum absolute atomic E-state index is 0.000215. The highest BCUT2D eigenvalue weighted by Gasteiger charge is 2.65. The summed E-state index contributed by atoms with van der Waals surface area (Å²) in [6, 6.07) is 0. The molecule has 25 heavy (non-hydrogen) atoms. The van der Waals surface area contributed by atoms with E-state index in [0.717, 1.165) is 38.5 Å². The van der Waals surface area contributed by atoms with Crippen molar-refractivity contribution in [1.82, 2.24) is 0 Å². The molecule has 0 bridgehead atoms. The van der Waals surface area contributed by atoms with Crippen LogP contribution in [0.1, 0.15) is 71.6 Å². The lowest BCUT2D eigenvalue weighted by atomic mass is 9.51. The SMILES string of the molecule is C[C@]12CCC(=O)CC1=CCC1C2=CC[C@@]2(C)C1CC[C@@]21CCC(=O)O1. The van der Waals surface area contributed by atoms with E-state index in [2.05, 4.69) is 26.0 Å². The second kappa shape index (κ2) is 4.86. The van der Waals surface area contributed by atoms with Crippen LogP contribution in [0.25, 0.3) is 0 Å². The minimum atomic E-state index is -0.218. The maximum atomic E-state index is 11.9. The maximum absolute atomic E-state index is 11.9. The number of fused-ring (bicyclic) bond motifs is 6. The first-order valence-corrected chi connectivity index (χ1v) is 10.0. The first-order chi connectivity index (χ1) is 11.9. The molecule has 0 radical (unpaired) electrons. The largest absolute Gasteiger partial charge is 0.458 e. The molecular weight excluding hydrogens is 312 g/mol. The van der Waals surface area contributed by atoms with Crippen molar-refractivity contribution in [3.05, 3.63) is 23.3 Å². The lowest BCUT2D eigenvalue weighted by molar-refractivity contribution is -0.160. The fourth-order valence-corrected chi connectivity index (χ4v) is 7.07. The van der Waals surface area contributed by atoms with Gasteiger partial charge in [-0.25, -0.2) is 0 Å². The fourth-order valence-electron chi connectivity index (χ4n) is 7.07. The van der Waals surface area contributed by atoms with E-state index in [9.17, 15) is 9.59 Å². The molecular formula is C22H28O3. The molecule has 3 nitrogen and oxygen atoms in total. The van der Waals surface area contributed by atoms with Gasteiger partial charge in [-0.15, -0.1) is 0 Å². The summed E-state index contributed by atoms with van der Waals surface area (Å²) in [6.45, 7) is 4.74. The Balaban J connectivity index is 1.54. The van der Waals surface area contributed by atoms with Crippen molar-refractivity contribution in [2.75, 3.05) is 0 Å². The number of esters is 1. The third kappa shape index (κ3) is 1.88. The molecule has 2 unspecified atom stereocenters. The smallest absolute Gasteiger partial charge is 0.306 e. The average Bonchev–Trinajstić information content (AvgIpc) is 3.10. The van der Waals surface area contributed by atoms with E-state index < -0.39 is 0 Å². The van der Waals surface area contributed by atoms with Crippen LogP contribution in [0.15, 0.2) is 23.3 Å². The molecule has 0 N–H and O–H groups in total. The Morgan fingerprint density at radius 1 is 1.08 bits per heavy atom. The van der Waals surface area contributed by atoms with E-state index in [4.69, 9.17) is 4.74 Å². The van der Waals surface area contributed by atoms with E-state index >= 15 is 0 Å². The maximum Gasteiger partial charge on any atom is 0.306 e. The van der Waals surface area contributed by atoms with Gasteiger partial charge in [0.1, 0.15) is 11.4 Å². The van der Waals surface area contributed by atoms with Gasteiger partial charge in [-0.3, -0.25) is 9.59 Å². The van der Waals surface area contributed by atoms with Crippen molar-refractivity contribution in [2.24, 2.45) is 22.7 Å². The molecule has 3 heteroatoms. The average molecular weight is 340 g/mol. The number of hydrogen-bond donors (Lipinski definition) is 0. The van der Waals surface area contributed by atoms with Crippen molar-refractivity contribution in [2.45, 2.75) is 77.2 Å². The fraction of sp³-hybridized carbons (Fsp3) is 0.727. The van der Waals surface area contributed by atoms with E-state index in [1.54, 1.807) is 5.57 Å². The molecule has 0 amide bonds. The van der Waals surface area contributed by atoms with E-state index in [-0.39, 0.29) is 22.4 Å². The van der Waals surface area contributed by atoms with Gasteiger partial charge in [0.25, 0.3) is 0 Å². The number of Topliss-reactive ketones (excluding diaryl/α,β-unsaturated/α-hetero) is 1. The number of hydrogen-bond acceptors (Lipinski definition) is 3. The summed E-state index contributed by atoms with van der Waals surface area (Å²) in [7, 11) is 0. The monoisotopic (exact) mass is 340 g/mol. The van der Waals surface area contributed by atoms with E-state index in [1.165, 1.54) is 12.0 Å². The highest BCUT2D eigenvalue weighted by molar-refractivity contribution is 5.83. The third-order valence-electron chi connectivity index (χ3n) is 8.65. The van der Waals surface area contributed by atoms with Crippen LogP contribution in [0, 0.1) is 22.7 Å². The number of carbonyl (C=O) groups is 2. The highest BCUT2D eigenvalue weighted by Crippen LogP contribution is 2.67. The molecule has 5 rings (SSSR count). The van der Waals surface area contributed by atoms with Gasteiger partial charge in [-0.2, -0.15) is 0 Å². The van der Waals surface area contributed by atoms with Crippen LogP contribution in [-0.2, 0) is 14.3 Å². The molecule has 5 atom stereocenters. The molecule has 0 aromatic carbocycles. The molecule has 2 saturated carbocycles. The van der Waals surface area contributed by atoms with Gasteiger partial charge >= 0.3 is 5.97 Å². The standard InChI is InChI=1S/C22H28O3/c1-20-9-5-15(23)13-14(20)3-4-16-17(20)6-10-21(2)18(16)7-11-22(21)12-8-19(24)25-22/h3,6,16,18H,4-5,7-13H2,1-2H3/t16?,18?,20-,21-,22+/m0/s1. The van der Waals surface area contributed by atoms with Gasteiger partial charge in [0.15, 0.2) is 0 Å². The van der Waals surface area contributed by atoms with E-state index in [1.807, 2.05) is 0 Å². The zero-order chi connectivity index (χ0) is 17.4.